The molecule has 0 bridgehead atoms. The van der Waals surface area contributed by atoms with E-state index < -0.39 is 17.9 Å². The lowest BCUT2D eigenvalue weighted by molar-refractivity contribution is -0.185. The highest BCUT2D eigenvalue weighted by Gasteiger charge is 2.40. The number of hydrogen-bond donors (Lipinski definition) is 0. The van der Waals surface area contributed by atoms with Crippen molar-refractivity contribution in [3.63, 3.8) is 0 Å². The predicted octanol–water partition coefficient (Wildman–Crippen LogP) is 4.63. The molecule has 0 unspecified atom stereocenters. The summed E-state index contributed by atoms with van der Waals surface area (Å²) in [6.45, 7) is 1.90. The normalized spacial score (nSPS) is 17.7. The molecule has 1 heterocycles. The molecule has 7 heteroatoms. The van der Waals surface area contributed by atoms with Crippen molar-refractivity contribution in [2.24, 2.45) is 5.92 Å². The molecule has 1 aromatic rings. The van der Waals surface area contributed by atoms with Crippen molar-refractivity contribution >= 4 is 15.9 Å². The van der Waals surface area contributed by atoms with Crippen molar-refractivity contribution in [3.8, 4) is 5.75 Å². The monoisotopic (exact) mass is 383 g/mol. The van der Waals surface area contributed by atoms with Crippen LogP contribution >= 0.6 is 15.9 Å². The minimum atomic E-state index is -4.08. The van der Waals surface area contributed by atoms with Crippen LogP contribution in [-0.4, -0.2) is 37.3 Å². The summed E-state index contributed by atoms with van der Waals surface area (Å²) in [6.07, 6.45) is -3.11. The maximum absolute atomic E-state index is 13.5. The Labute approximate surface area is 135 Å². The Morgan fingerprint density at radius 1 is 1.23 bits per heavy atom. The average Bonchev–Trinajstić information content (AvgIpc) is 2.45. The lowest BCUT2D eigenvalue weighted by atomic mass is 9.96. The smallest absolute Gasteiger partial charge is 0.391 e. The van der Waals surface area contributed by atoms with E-state index in [1.54, 1.807) is 12.1 Å². The summed E-state index contributed by atoms with van der Waals surface area (Å²) in [4.78, 5) is 2.00. The Balaban J connectivity index is 1.68. The van der Waals surface area contributed by atoms with E-state index in [9.17, 15) is 17.6 Å². The molecule has 2 rings (SSSR count). The molecule has 0 amide bonds. The molecule has 22 heavy (non-hydrogen) atoms. The number of halogens is 5. The minimum absolute atomic E-state index is 0.156. The Hall–Kier alpha value is -0.820. The number of alkyl halides is 3. The number of benzene rings is 1. The fourth-order valence-electron chi connectivity index (χ4n) is 2.57. The number of hydrogen-bond acceptors (Lipinski definition) is 2. The Morgan fingerprint density at radius 3 is 2.50 bits per heavy atom. The second-order valence-corrected chi connectivity index (χ2v) is 6.26. The van der Waals surface area contributed by atoms with Gasteiger partial charge in [-0.1, -0.05) is 6.07 Å². The topological polar surface area (TPSA) is 12.5 Å². The van der Waals surface area contributed by atoms with Crippen molar-refractivity contribution in [1.29, 1.82) is 0 Å². The molecule has 0 radical (unpaired) electrons. The van der Waals surface area contributed by atoms with Crippen molar-refractivity contribution < 1.29 is 22.3 Å². The van der Waals surface area contributed by atoms with Crippen LogP contribution in [0, 0.1) is 11.7 Å². The molecule has 2 nitrogen and oxygen atoms in total. The summed E-state index contributed by atoms with van der Waals surface area (Å²) >= 11 is 3.22. The third-order valence-corrected chi connectivity index (χ3v) is 4.46. The van der Waals surface area contributed by atoms with E-state index >= 15 is 0 Å². The van der Waals surface area contributed by atoms with Crippen LogP contribution in [0.15, 0.2) is 22.7 Å². The maximum atomic E-state index is 13.5. The summed E-state index contributed by atoms with van der Waals surface area (Å²) in [5, 5.41) is 0. The van der Waals surface area contributed by atoms with E-state index in [-0.39, 0.29) is 18.6 Å². The molecule has 0 aliphatic carbocycles. The molecular formula is C15H18BrF4NO. The zero-order chi connectivity index (χ0) is 16.2. The molecule has 0 aromatic heterocycles. The summed E-state index contributed by atoms with van der Waals surface area (Å²) in [6, 6.07) is 4.60. The van der Waals surface area contributed by atoms with E-state index in [0.29, 0.717) is 37.1 Å². The van der Waals surface area contributed by atoms with Gasteiger partial charge in [-0.2, -0.15) is 13.2 Å². The zero-order valence-corrected chi connectivity index (χ0v) is 13.6. The number of ether oxygens (including phenoxy) is 1. The molecule has 1 fully saturated rings. The standard InChI is InChI=1S/C15H18BrF4NO/c16-12-3-1-4-13(17)14(12)22-10-2-7-21-8-5-11(6-9-21)15(18,19)20/h1,3-4,11H,2,5-10H2. The number of para-hydroxylation sites is 1. The molecule has 1 aromatic carbocycles. The second-order valence-electron chi connectivity index (χ2n) is 5.41. The van der Waals surface area contributed by atoms with E-state index in [1.807, 2.05) is 4.90 Å². The van der Waals surface area contributed by atoms with E-state index in [4.69, 9.17) is 4.74 Å². The average molecular weight is 384 g/mol. The Morgan fingerprint density at radius 2 is 1.91 bits per heavy atom. The molecule has 0 N–H and O–H groups in total. The van der Waals surface area contributed by atoms with Gasteiger partial charge in [-0.3, -0.25) is 0 Å². The summed E-state index contributed by atoms with van der Waals surface area (Å²) in [5.41, 5.74) is 0. The largest absolute Gasteiger partial charge is 0.489 e. The maximum Gasteiger partial charge on any atom is 0.391 e. The van der Waals surface area contributed by atoms with Gasteiger partial charge in [0.15, 0.2) is 11.6 Å². The quantitative estimate of drug-likeness (QED) is 0.542. The highest BCUT2D eigenvalue weighted by atomic mass is 79.9. The zero-order valence-electron chi connectivity index (χ0n) is 12.0. The van der Waals surface area contributed by atoms with Gasteiger partial charge in [-0.15, -0.1) is 0 Å². The van der Waals surface area contributed by atoms with Gasteiger partial charge in [-0.05, 0) is 60.4 Å². The van der Waals surface area contributed by atoms with Crippen LogP contribution in [0.1, 0.15) is 19.3 Å². The first-order valence-electron chi connectivity index (χ1n) is 7.24. The van der Waals surface area contributed by atoms with E-state index in [1.165, 1.54) is 6.07 Å². The third-order valence-electron chi connectivity index (χ3n) is 3.83. The lowest BCUT2D eigenvalue weighted by Gasteiger charge is -2.32. The lowest BCUT2D eigenvalue weighted by Crippen LogP contribution is -2.39. The first-order valence-corrected chi connectivity index (χ1v) is 8.03. The highest BCUT2D eigenvalue weighted by Crippen LogP contribution is 2.34. The Kier molecular flexibility index (Phi) is 6.09. The molecule has 1 aliphatic heterocycles. The van der Waals surface area contributed by atoms with Crippen molar-refractivity contribution in [1.82, 2.24) is 4.90 Å². The summed E-state index contributed by atoms with van der Waals surface area (Å²) in [5.74, 6) is -1.42. The number of rotatable bonds is 5. The van der Waals surface area contributed by atoms with Crippen LogP contribution in [0.25, 0.3) is 0 Å². The second kappa shape index (κ2) is 7.64. The fraction of sp³-hybridized carbons (Fsp3) is 0.600. The van der Waals surface area contributed by atoms with Gasteiger partial charge in [0.1, 0.15) is 0 Å². The minimum Gasteiger partial charge on any atom is -0.489 e. The van der Waals surface area contributed by atoms with Gasteiger partial charge in [0, 0.05) is 6.54 Å². The van der Waals surface area contributed by atoms with Crippen LogP contribution in [0.5, 0.6) is 5.75 Å². The van der Waals surface area contributed by atoms with Crippen molar-refractivity contribution in [2.45, 2.75) is 25.4 Å². The van der Waals surface area contributed by atoms with E-state index in [2.05, 4.69) is 15.9 Å². The van der Waals surface area contributed by atoms with Crippen molar-refractivity contribution in [2.75, 3.05) is 26.2 Å². The van der Waals surface area contributed by atoms with Gasteiger partial charge in [-0.25, -0.2) is 4.39 Å². The first kappa shape index (κ1) is 17.5. The van der Waals surface area contributed by atoms with Gasteiger partial charge in [0.05, 0.1) is 17.0 Å². The molecule has 0 spiro atoms. The van der Waals surface area contributed by atoms with Crippen LogP contribution in [0.2, 0.25) is 0 Å². The van der Waals surface area contributed by atoms with E-state index in [0.717, 1.165) is 0 Å². The molecule has 124 valence electrons. The number of nitrogens with zero attached hydrogens (tertiary/aromatic N) is 1. The van der Waals surface area contributed by atoms with Crippen molar-refractivity contribution in [3.05, 3.63) is 28.5 Å². The third kappa shape index (κ3) is 4.84. The molecule has 0 saturated carbocycles. The van der Waals surface area contributed by atoms with Crippen LogP contribution in [-0.2, 0) is 0 Å². The number of likely N-dealkylation sites (tertiary alicyclic amines) is 1. The summed E-state index contributed by atoms with van der Waals surface area (Å²) in [7, 11) is 0. The van der Waals surface area contributed by atoms with Gasteiger partial charge < -0.3 is 9.64 Å². The Bertz CT molecular complexity index is 467. The predicted molar refractivity (Wildman–Crippen MR) is 79.4 cm³/mol. The fourth-order valence-corrected chi connectivity index (χ4v) is 3.02. The SMILES string of the molecule is Fc1cccc(Br)c1OCCCN1CCC(C(F)(F)F)CC1. The highest BCUT2D eigenvalue weighted by molar-refractivity contribution is 9.10. The molecule has 1 saturated heterocycles. The molecule has 0 atom stereocenters. The van der Waals surface area contributed by atoms with Crippen LogP contribution < -0.4 is 4.74 Å². The van der Waals surface area contributed by atoms with Crippen LogP contribution in [0.4, 0.5) is 17.6 Å². The van der Waals surface area contributed by atoms with Gasteiger partial charge in [0.25, 0.3) is 0 Å². The first-order chi connectivity index (χ1) is 10.4. The summed E-state index contributed by atoms with van der Waals surface area (Å²) < 4.78 is 57.2. The van der Waals surface area contributed by atoms with Gasteiger partial charge in [0.2, 0.25) is 0 Å². The van der Waals surface area contributed by atoms with Gasteiger partial charge >= 0.3 is 6.18 Å². The number of piperidine rings is 1. The molecule has 1 aliphatic rings. The molecular weight excluding hydrogens is 366 g/mol. The van der Waals surface area contributed by atoms with Crippen LogP contribution in [0.3, 0.4) is 0 Å².